The van der Waals surface area contributed by atoms with Crippen LogP contribution in [0.3, 0.4) is 0 Å². The van der Waals surface area contributed by atoms with Crippen molar-refractivity contribution >= 4 is 34.5 Å². The number of benzene rings is 1. The molecule has 1 aliphatic heterocycles. The van der Waals surface area contributed by atoms with E-state index in [1.165, 1.54) is 10.4 Å². The van der Waals surface area contributed by atoms with Crippen LogP contribution in [-0.2, 0) is 11.2 Å². The summed E-state index contributed by atoms with van der Waals surface area (Å²) in [5.41, 5.74) is 2.15. The molecule has 0 saturated heterocycles. The SMILES string of the molecule is C[C@@H]1c2ccsc2CCN1CC(=O)Nc1ccc(Cl)cc1. The molecule has 1 amide bonds. The number of nitrogens with zero attached hydrogens (tertiary/aromatic N) is 1. The number of anilines is 1. The third kappa shape index (κ3) is 3.28. The number of amides is 1. The number of hydrogen-bond donors (Lipinski definition) is 1. The summed E-state index contributed by atoms with van der Waals surface area (Å²) in [4.78, 5) is 15.9. The quantitative estimate of drug-likeness (QED) is 0.928. The molecule has 2 aromatic rings. The van der Waals surface area contributed by atoms with Gasteiger partial charge < -0.3 is 5.32 Å². The Kier molecular flexibility index (Phi) is 4.29. The summed E-state index contributed by atoms with van der Waals surface area (Å²) in [5.74, 6) is 0.0165. The lowest BCUT2D eigenvalue weighted by Gasteiger charge is -2.32. The topological polar surface area (TPSA) is 32.3 Å². The van der Waals surface area contributed by atoms with Crippen molar-refractivity contribution in [2.45, 2.75) is 19.4 Å². The molecule has 3 rings (SSSR count). The van der Waals surface area contributed by atoms with Crippen molar-refractivity contribution in [2.75, 3.05) is 18.4 Å². The van der Waals surface area contributed by atoms with E-state index in [4.69, 9.17) is 11.6 Å². The summed E-state index contributed by atoms with van der Waals surface area (Å²) in [6.45, 7) is 3.52. The monoisotopic (exact) mass is 320 g/mol. The molecule has 5 heteroatoms. The van der Waals surface area contributed by atoms with Gasteiger partial charge in [-0.05, 0) is 54.6 Å². The third-order valence-corrected chi connectivity index (χ3v) is 5.13. The Morgan fingerprint density at radius 3 is 2.90 bits per heavy atom. The maximum atomic E-state index is 12.2. The maximum absolute atomic E-state index is 12.2. The van der Waals surface area contributed by atoms with Gasteiger partial charge >= 0.3 is 0 Å². The second kappa shape index (κ2) is 6.18. The molecule has 0 radical (unpaired) electrons. The summed E-state index contributed by atoms with van der Waals surface area (Å²) in [6.07, 6.45) is 1.03. The van der Waals surface area contributed by atoms with Gasteiger partial charge in [0.25, 0.3) is 0 Å². The van der Waals surface area contributed by atoms with Crippen LogP contribution < -0.4 is 5.32 Å². The van der Waals surface area contributed by atoms with Gasteiger partial charge in [-0.25, -0.2) is 0 Å². The first-order valence-electron chi connectivity index (χ1n) is 6.99. The molecule has 1 aromatic carbocycles. The summed E-state index contributed by atoms with van der Waals surface area (Å²) in [7, 11) is 0. The van der Waals surface area contributed by atoms with Gasteiger partial charge in [-0.3, -0.25) is 9.69 Å². The van der Waals surface area contributed by atoms with Crippen LogP contribution in [0.5, 0.6) is 0 Å². The van der Waals surface area contributed by atoms with Gasteiger partial charge in [0.1, 0.15) is 0 Å². The average Bonchev–Trinajstić information content (AvgIpc) is 2.94. The van der Waals surface area contributed by atoms with Gasteiger partial charge in [-0.2, -0.15) is 0 Å². The Balaban J connectivity index is 1.62. The van der Waals surface area contributed by atoms with Crippen molar-refractivity contribution in [2.24, 2.45) is 0 Å². The lowest BCUT2D eigenvalue weighted by Crippen LogP contribution is -2.39. The summed E-state index contributed by atoms with van der Waals surface area (Å²) in [6, 6.07) is 9.66. The highest BCUT2D eigenvalue weighted by Crippen LogP contribution is 2.32. The van der Waals surface area contributed by atoms with Crippen LogP contribution in [0, 0.1) is 0 Å². The minimum absolute atomic E-state index is 0.0165. The molecule has 0 saturated carbocycles. The Morgan fingerprint density at radius 2 is 2.14 bits per heavy atom. The first kappa shape index (κ1) is 14.6. The molecule has 3 nitrogen and oxygen atoms in total. The van der Waals surface area contributed by atoms with Crippen molar-refractivity contribution in [3.63, 3.8) is 0 Å². The van der Waals surface area contributed by atoms with Crippen LogP contribution >= 0.6 is 22.9 Å². The van der Waals surface area contributed by atoms with E-state index < -0.39 is 0 Å². The van der Waals surface area contributed by atoms with Gasteiger partial charge in [-0.1, -0.05) is 11.6 Å². The molecule has 1 aromatic heterocycles. The zero-order chi connectivity index (χ0) is 14.8. The number of thiophene rings is 1. The number of hydrogen-bond acceptors (Lipinski definition) is 3. The van der Waals surface area contributed by atoms with Gasteiger partial charge in [0.2, 0.25) is 5.91 Å². The standard InChI is InChI=1S/C16H17ClN2OS/c1-11-14-7-9-21-15(14)6-8-19(11)10-16(20)18-13-4-2-12(17)3-5-13/h2-5,7,9,11H,6,8,10H2,1H3,(H,18,20)/t11-/m1/s1. The lowest BCUT2D eigenvalue weighted by molar-refractivity contribution is -0.117. The highest BCUT2D eigenvalue weighted by atomic mass is 35.5. The normalized spacial score (nSPS) is 18.3. The highest BCUT2D eigenvalue weighted by Gasteiger charge is 2.25. The molecule has 0 bridgehead atoms. The molecule has 0 fully saturated rings. The fourth-order valence-corrected chi connectivity index (χ4v) is 3.78. The Morgan fingerprint density at radius 1 is 1.38 bits per heavy atom. The number of carbonyl (C=O) groups excluding carboxylic acids is 1. The van der Waals surface area contributed by atoms with Crippen molar-refractivity contribution in [1.29, 1.82) is 0 Å². The van der Waals surface area contributed by atoms with Crippen LogP contribution in [0.1, 0.15) is 23.4 Å². The average molecular weight is 321 g/mol. The molecule has 110 valence electrons. The van der Waals surface area contributed by atoms with Crippen LogP contribution in [0.2, 0.25) is 5.02 Å². The molecule has 1 atom stereocenters. The third-order valence-electron chi connectivity index (χ3n) is 3.88. The van der Waals surface area contributed by atoms with E-state index in [0.717, 1.165) is 18.7 Å². The molecule has 0 aliphatic carbocycles. The van der Waals surface area contributed by atoms with E-state index >= 15 is 0 Å². The summed E-state index contributed by atoms with van der Waals surface area (Å²) >= 11 is 7.65. The molecule has 0 unspecified atom stereocenters. The van der Waals surface area contributed by atoms with Crippen LogP contribution in [0.15, 0.2) is 35.7 Å². The Hall–Kier alpha value is -1.36. The summed E-state index contributed by atoms with van der Waals surface area (Å²) < 4.78 is 0. The number of carbonyl (C=O) groups is 1. The van der Waals surface area contributed by atoms with E-state index in [1.54, 1.807) is 12.1 Å². The molecular formula is C16H17ClN2OS. The molecular weight excluding hydrogens is 304 g/mol. The smallest absolute Gasteiger partial charge is 0.238 e. The first-order valence-corrected chi connectivity index (χ1v) is 8.25. The Bertz CT molecular complexity index is 638. The fraction of sp³-hybridized carbons (Fsp3) is 0.312. The van der Waals surface area contributed by atoms with Gasteiger partial charge in [0.05, 0.1) is 6.54 Å². The second-order valence-electron chi connectivity index (χ2n) is 5.25. The van der Waals surface area contributed by atoms with Crippen molar-refractivity contribution in [3.05, 3.63) is 51.2 Å². The maximum Gasteiger partial charge on any atom is 0.238 e. The molecule has 21 heavy (non-hydrogen) atoms. The molecule has 1 aliphatic rings. The Labute approximate surface area is 133 Å². The van der Waals surface area contributed by atoms with E-state index in [2.05, 4.69) is 28.6 Å². The van der Waals surface area contributed by atoms with Crippen molar-refractivity contribution < 1.29 is 4.79 Å². The summed E-state index contributed by atoms with van der Waals surface area (Å²) in [5, 5.41) is 5.72. The van der Waals surface area contributed by atoms with E-state index in [0.29, 0.717) is 17.6 Å². The van der Waals surface area contributed by atoms with E-state index in [1.807, 2.05) is 23.5 Å². The number of fused-ring (bicyclic) bond motifs is 1. The van der Waals surface area contributed by atoms with Crippen LogP contribution in [-0.4, -0.2) is 23.9 Å². The van der Waals surface area contributed by atoms with Crippen LogP contribution in [0.25, 0.3) is 0 Å². The van der Waals surface area contributed by atoms with Crippen LogP contribution in [0.4, 0.5) is 5.69 Å². The molecule has 0 spiro atoms. The predicted molar refractivity (Wildman–Crippen MR) is 88.1 cm³/mol. The largest absolute Gasteiger partial charge is 0.325 e. The van der Waals surface area contributed by atoms with E-state index in [9.17, 15) is 4.79 Å². The van der Waals surface area contributed by atoms with Crippen molar-refractivity contribution in [3.8, 4) is 0 Å². The van der Waals surface area contributed by atoms with Gasteiger partial charge in [0, 0.05) is 28.2 Å². The lowest BCUT2D eigenvalue weighted by atomic mass is 10.0. The fourth-order valence-electron chi connectivity index (χ4n) is 2.70. The van der Waals surface area contributed by atoms with Crippen molar-refractivity contribution in [1.82, 2.24) is 4.90 Å². The first-order chi connectivity index (χ1) is 10.1. The van der Waals surface area contributed by atoms with Gasteiger partial charge in [0.15, 0.2) is 0 Å². The second-order valence-corrected chi connectivity index (χ2v) is 6.69. The number of nitrogens with one attached hydrogen (secondary N) is 1. The highest BCUT2D eigenvalue weighted by molar-refractivity contribution is 7.10. The number of halogens is 1. The molecule has 2 heterocycles. The zero-order valence-electron chi connectivity index (χ0n) is 11.8. The predicted octanol–water partition coefficient (Wildman–Crippen LogP) is 3.96. The number of rotatable bonds is 3. The van der Waals surface area contributed by atoms with E-state index in [-0.39, 0.29) is 5.91 Å². The molecule has 1 N–H and O–H groups in total. The zero-order valence-corrected chi connectivity index (χ0v) is 13.4. The minimum Gasteiger partial charge on any atom is -0.325 e. The van der Waals surface area contributed by atoms with Gasteiger partial charge in [-0.15, -0.1) is 11.3 Å². The minimum atomic E-state index is 0.0165.